The molecule has 0 radical (unpaired) electrons. The van der Waals surface area contributed by atoms with Crippen molar-refractivity contribution >= 4 is 11.7 Å². The van der Waals surface area contributed by atoms with Crippen LogP contribution in [0.5, 0.6) is 5.88 Å². The predicted octanol–water partition coefficient (Wildman–Crippen LogP) is 1.41. The third-order valence-electron chi connectivity index (χ3n) is 4.78. The van der Waals surface area contributed by atoms with Crippen molar-refractivity contribution in [3.05, 3.63) is 47.8 Å². The Balaban J connectivity index is 1.35. The van der Waals surface area contributed by atoms with Crippen molar-refractivity contribution in [3.63, 3.8) is 0 Å². The van der Waals surface area contributed by atoms with Gasteiger partial charge in [-0.15, -0.1) is 0 Å². The highest BCUT2D eigenvalue weighted by atomic mass is 16.5. The van der Waals surface area contributed by atoms with Gasteiger partial charge in [0.15, 0.2) is 0 Å². The van der Waals surface area contributed by atoms with E-state index >= 15 is 0 Å². The van der Waals surface area contributed by atoms with Crippen LogP contribution in [0.4, 0.5) is 5.82 Å². The second kappa shape index (κ2) is 8.99. The highest BCUT2D eigenvalue weighted by Gasteiger charge is 2.21. The number of carbonyl (C=O) groups excluding carboxylic acids is 1. The molecule has 8 heteroatoms. The first-order valence-corrected chi connectivity index (χ1v) is 9.55. The van der Waals surface area contributed by atoms with E-state index in [1.807, 2.05) is 12.1 Å². The zero-order chi connectivity index (χ0) is 19.2. The maximum Gasteiger partial charge on any atom is 0.257 e. The van der Waals surface area contributed by atoms with Gasteiger partial charge in [0.05, 0.1) is 26.4 Å². The molecule has 1 atom stereocenters. The Bertz CT molecular complexity index is 787. The molecule has 0 bridgehead atoms. The minimum Gasteiger partial charge on any atom is -0.471 e. The summed E-state index contributed by atoms with van der Waals surface area (Å²) in [5.74, 6) is 1.05. The molecule has 28 heavy (non-hydrogen) atoms. The van der Waals surface area contributed by atoms with Gasteiger partial charge in [0.2, 0.25) is 5.88 Å². The Hall–Kier alpha value is -2.71. The van der Waals surface area contributed by atoms with E-state index in [0.717, 1.165) is 44.1 Å². The van der Waals surface area contributed by atoms with Gasteiger partial charge in [0.25, 0.3) is 5.91 Å². The quantitative estimate of drug-likeness (QED) is 0.806. The van der Waals surface area contributed by atoms with Gasteiger partial charge in [-0.05, 0) is 23.8 Å². The molecule has 0 aliphatic carbocycles. The van der Waals surface area contributed by atoms with Crippen LogP contribution in [0.15, 0.2) is 36.7 Å². The molecule has 4 rings (SSSR count). The van der Waals surface area contributed by atoms with Crippen LogP contribution in [-0.4, -0.2) is 61.5 Å². The fourth-order valence-corrected chi connectivity index (χ4v) is 3.20. The van der Waals surface area contributed by atoms with Gasteiger partial charge in [-0.25, -0.2) is 9.97 Å². The molecule has 1 unspecified atom stereocenters. The Labute approximate surface area is 163 Å². The number of hydrogen-bond acceptors (Lipinski definition) is 7. The molecule has 0 spiro atoms. The normalized spacial score (nSPS) is 19.4. The van der Waals surface area contributed by atoms with E-state index in [1.54, 1.807) is 24.5 Å². The van der Waals surface area contributed by atoms with E-state index < -0.39 is 0 Å². The van der Waals surface area contributed by atoms with E-state index in [-0.39, 0.29) is 12.0 Å². The van der Waals surface area contributed by atoms with E-state index in [1.165, 1.54) is 0 Å². The summed E-state index contributed by atoms with van der Waals surface area (Å²) in [5, 5.41) is 2.92. The van der Waals surface area contributed by atoms with Gasteiger partial charge >= 0.3 is 0 Å². The van der Waals surface area contributed by atoms with Gasteiger partial charge in [0.1, 0.15) is 17.5 Å². The van der Waals surface area contributed by atoms with Crippen molar-refractivity contribution in [2.24, 2.45) is 0 Å². The molecule has 4 heterocycles. The topological polar surface area (TPSA) is 85.8 Å². The van der Waals surface area contributed by atoms with Crippen LogP contribution < -0.4 is 15.0 Å². The summed E-state index contributed by atoms with van der Waals surface area (Å²) in [6.45, 7) is 4.73. The predicted molar refractivity (Wildman–Crippen MR) is 103 cm³/mol. The van der Waals surface area contributed by atoms with Gasteiger partial charge in [0, 0.05) is 38.4 Å². The first-order chi connectivity index (χ1) is 13.8. The molecular weight excluding hydrogens is 360 g/mol. The van der Waals surface area contributed by atoms with Crippen molar-refractivity contribution in [2.45, 2.75) is 19.1 Å². The molecule has 0 aromatic carbocycles. The van der Waals surface area contributed by atoms with Gasteiger partial charge < -0.3 is 24.4 Å². The average molecular weight is 384 g/mol. The van der Waals surface area contributed by atoms with Gasteiger partial charge in [-0.3, -0.25) is 4.79 Å². The first kappa shape index (κ1) is 18.6. The molecule has 2 saturated heterocycles. The standard InChI is InChI=1S/C20H24N4O4/c25-19(17-2-1-6-21-20(17)28-16-5-9-27-14-16)23-13-15-3-4-18(22-12-15)24-7-10-26-11-8-24/h1-4,6,12,16H,5,7-11,13-14H2,(H,23,25). The monoisotopic (exact) mass is 384 g/mol. The minimum atomic E-state index is -0.223. The Morgan fingerprint density at radius 3 is 2.82 bits per heavy atom. The van der Waals surface area contributed by atoms with Crippen LogP contribution >= 0.6 is 0 Å². The zero-order valence-corrected chi connectivity index (χ0v) is 15.7. The summed E-state index contributed by atoms with van der Waals surface area (Å²) in [5.41, 5.74) is 1.35. The van der Waals surface area contributed by atoms with Crippen molar-refractivity contribution in [1.82, 2.24) is 15.3 Å². The number of carbonyl (C=O) groups is 1. The molecule has 2 fully saturated rings. The summed E-state index contributed by atoms with van der Waals surface area (Å²) in [7, 11) is 0. The van der Waals surface area contributed by atoms with Gasteiger partial charge in [-0.1, -0.05) is 6.07 Å². The van der Waals surface area contributed by atoms with Crippen LogP contribution in [0.2, 0.25) is 0 Å². The SMILES string of the molecule is O=C(NCc1ccc(N2CCOCC2)nc1)c1cccnc1OC1CCOC1. The molecule has 148 valence electrons. The molecule has 2 aromatic heterocycles. The Kier molecular flexibility index (Phi) is 5.98. The number of hydrogen-bond donors (Lipinski definition) is 1. The first-order valence-electron chi connectivity index (χ1n) is 9.55. The minimum absolute atomic E-state index is 0.0571. The third-order valence-corrected chi connectivity index (χ3v) is 4.78. The van der Waals surface area contributed by atoms with E-state index in [4.69, 9.17) is 14.2 Å². The van der Waals surface area contributed by atoms with Gasteiger partial charge in [-0.2, -0.15) is 0 Å². The van der Waals surface area contributed by atoms with E-state index in [0.29, 0.717) is 31.2 Å². The van der Waals surface area contributed by atoms with Crippen molar-refractivity contribution < 1.29 is 19.0 Å². The summed E-state index contributed by atoms with van der Waals surface area (Å²) in [6, 6.07) is 7.40. The third kappa shape index (κ3) is 4.58. The lowest BCUT2D eigenvalue weighted by Crippen LogP contribution is -2.36. The lowest BCUT2D eigenvalue weighted by atomic mass is 10.2. The number of morpholine rings is 1. The Morgan fingerprint density at radius 1 is 1.18 bits per heavy atom. The molecule has 2 aliphatic heterocycles. The lowest BCUT2D eigenvalue weighted by molar-refractivity contribution is 0.0937. The Morgan fingerprint density at radius 2 is 2.07 bits per heavy atom. The molecule has 0 saturated carbocycles. The van der Waals surface area contributed by atoms with E-state index in [2.05, 4.69) is 20.2 Å². The zero-order valence-electron chi connectivity index (χ0n) is 15.7. The fourth-order valence-electron chi connectivity index (χ4n) is 3.20. The van der Waals surface area contributed by atoms with Crippen LogP contribution in [0, 0.1) is 0 Å². The van der Waals surface area contributed by atoms with Crippen LogP contribution in [-0.2, 0) is 16.0 Å². The number of aromatic nitrogens is 2. The number of nitrogens with zero attached hydrogens (tertiary/aromatic N) is 3. The second-order valence-corrected chi connectivity index (χ2v) is 6.77. The van der Waals surface area contributed by atoms with Crippen molar-refractivity contribution in [2.75, 3.05) is 44.4 Å². The summed E-state index contributed by atoms with van der Waals surface area (Å²) in [6.07, 6.45) is 4.16. The lowest BCUT2D eigenvalue weighted by Gasteiger charge is -2.27. The molecule has 2 aromatic rings. The molecule has 2 aliphatic rings. The highest BCUT2D eigenvalue weighted by molar-refractivity contribution is 5.96. The molecule has 1 amide bonds. The molecule has 1 N–H and O–H groups in total. The maximum atomic E-state index is 12.6. The summed E-state index contributed by atoms with van der Waals surface area (Å²) in [4.78, 5) is 23.5. The number of nitrogens with one attached hydrogen (secondary N) is 1. The number of rotatable bonds is 6. The van der Waals surface area contributed by atoms with E-state index in [9.17, 15) is 4.79 Å². The average Bonchev–Trinajstić information content (AvgIpc) is 3.26. The summed E-state index contributed by atoms with van der Waals surface area (Å²) >= 11 is 0. The van der Waals surface area contributed by atoms with Crippen LogP contribution in [0.3, 0.4) is 0 Å². The molecular formula is C20H24N4O4. The largest absolute Gasteiger partial charge is 0.471 e. The van der Waals surface area contributed by atoms with Crippen molar-refractivity contribution in [3.8, 4) is 5.88 Å². The maximum absolute atomic E-state index is 12.6. The van der Waals surface area contributed by atoms with Crippen LogP contribution in [0.25, 0.3) is 0 Å². The number of amides is 1. The van der Waals surface area contributed by atoms with Crippen LogP contribution in [0.1, 0.15) is 22.3 Å². The smallest absolute Gasteiger partial charge is 0.257 e. The summed E-state index contributed by atoms with van der Waals surface area (Å²) < 4.78 is 16.5. The second-order valence-electron chi connectivity index (χ2n) is 6.77. The van der Waals surface area contributed by atoms with Crippen molar-refractivity contribution in [1.29, 1.82) is 0 Å². The molecule has 8 nitrogen and oxygen atoms in total. The highest BCUT2D eigenvalue weighted by Crippen LogP contribution is 2.19. The number of ether oxygens (including phenoxy) is 3. The number of anilines is 1. The number of pyridine rings is 2. The fraction of sp³-hybridized carbons (Fsp3) is 0.450.